The molecule has 1 aliphatic rings. The lowest BCUT2D eigenvalue weighted by Crippen LogP contribution is -2.44. The summed E-state index contributed by atoms with van der Waals surface area (Å²) in [4.78, 5) is 39.7. The molecule has 1 aliphatic heterocycles. The van der Waals surface area contributed by atoms with Crippen LogP contribution in [0.3, 0.4) is 0 Å². The highest BCUT2D eigenvalue weighted by Crippen LogP contribution is 2.25. The molecule has 108 valence electrons. The summed E-state index contributed by atoms with van der Waals surface area (Å²) in [6.45, 7) is 5.59. The number of nitrogens with one attached hydrogen (secondary N) is 1. The number of H-pyrrole nitrogens is 1. The second kappa shape index (κ2) is 5.11. The summed E-state index contributed by atoms with van der Waals surface area (Å²) in [5, 5.41) is 9.25. The van der Waals surface area contributed by atoms with Crippen molar-refractivity contribution in [2.24, 2.45) is 5.92 Å². The third-order valence-electron chi connectivity index (χ3n) is 3.79. The lowest BCUT2D eigenvalue weighted by atomic mass is 10.0. The van der Waals surface area contributed by atoms with Gasteiger partial charge in [0.05, 0.1) is 0 Å². The first-order chi connectivity index (χ1) is 9.32. The van der Waals surface area contributed by atoms with Gasteiger partial charge in [0.15, 0.2) is 0 Å². The molecule has 20 heavy (non-hydrogen) atoms. The molecule has 2 heterocycles. The number of pyridine rings is 1. The summed E-state index contributed by atoms with van der Waals surface area (Å²) in [6.07, 6.45) is 0.630. The van der Waals surface area contributed by atoms with Gasteiger partial charge in [0.1, 0.15) is 11.6 Å². The van der Waals surface area contributed by atoms with Crippen molar-refractivity contribution >= 4 is 11.9 Å². The monoisotopic (exact) mass is 278 g/mol. The Morgan fingerprint density at radius 2 is 2.05 bits per heavy atom. The van der Waals surface area contributed by atoms with Crippen molar-refractivity contribution in [1.29, 1.82) is 0 Å². The van der Waals surface area contributed by atoms with E-state index in [1.807, 2.05) is 0 Å². The van der Waals surface area contributed by atoms with Gasteiger partial charge in [0, 0.05) is 12.2 Å². The molecular formula is C14H18N2O4. The van der Waals surface area contributed by atoms with Crippen molar-refractivity contribution in [2.45, 2.75) is 33.2 Å². The number of rotatable bonds is 2. The molecule has 1 aromatic heterocycles. The summed E-state index contributed by atoms with van der Waals surface area (Å²) in [7, 11) is 0. The molecule has 6 heteroatoms. The van der Waals surface area contributed by atoms with E-state index in [1.165, 1.54) is 4.90 Å². The fourth-order valence-corrected chi connectivity index (χ4v) is 2.81. The third-order valence-corrected chi connectivity index (χ3v) is 3.79. The molecule has 2 unspecified atom stereocenters. The van der Waals surface area contributed by atoms with Crippen LogP contribution in [0.1, 0.15) is 35.0 Å². The van der Waals surface area contributed by atoms with Crippen molar-refractivity contribution in [3.63, 3.8) is 0 Å². The maximum atomic E-state index is 12.5. The Bertz CT molecular complexity index is 620. The molecule has 1 saturated heterocycles. The summed E-state index contributed by atoms with van der Waals surface area (Å²) in [5.74, 6) is -1.63. The van der Waals surface area contributed by atoms with Crippen molar-refractivity contribution in [3.8, 4) is 0 Å². The van der Waals surface area contributed by atoms with Crippen molar-refractivity contribution in [2.75, 3.05) is 6.54 Å². The topological polar surface area (TPSA) is 90.5 Å². The van der Waals surface area contributed by atoms with E-state index in [4.69, 9.17) is 0 Å². The minimum Gasteiger partial charge on any atom is -0.480 e. The van der Waals surface area contributed by atoms with Gasteiger partial charge in [-0.1, -0.05) is 6.92 Å². The van der Waals surface area contributed by atoms with Gasteiger partial charge in [-0.15, -0.1) is 0 Å². The third kappa shape index (κ3) is 2.33. The van der Waals surface area contributed by atoms with E-state index < -0.39 is 23.5 Å². The minimum atomic E-state index is -1.02. The maximum Gasteiger partial charge on any atom is 0.326 e. The minimum absolute atomic E-state index is 0.0379. The van der Waals surface area contributed by atoms with Gasteiger partial charge in [0.25, 0.3) is 11.5 Å². The summed E-state index contributed by atoms with van der Waals surface area (Å²) in [6, 6.07) is 0.854. The van der Waals surface area contributed by atoms with Crippen molar-refractivity contribution in [1.82, 2.24) is 9.88 Å². The maximum absolute atomic E-state index is 12.5. The molecule has 0 bridgehead atoms. The first-order valence-electron chi connectivity index (χ1n) is 6.57. The fraction of sp³-hybridized carbons (Fsp3) is 0.500. The second-order valence-electron chi connectivity index (χ2n) is 5.39. The van der Waals surface area contributed by atoms with E-state index in [1.54, 1.807) is 26.8 Å². The van der Waals surface area contributed by atoms with E-state index in [0.29, 0.717) is 24.2 Å². The highest BCUT2D eigenvalue weighted by molar-refractivity contribution is 5.97. The number of aromatic amines is 1. The lowest BCUT2D eigenvalue weighted by Gasteiger charge is -2.23. The molecule has 2 N–H and O–H groups in total. The predicted octanol–water partition coefficient (Wildman–Crippen LogP) is 0.927. The van der Waals surface area contributed by atoms with Crippen LogP contribution in [0.15, 0.2) is 10.9 Å². The number of aliphatic carboxylic acids is 1. The smallest absolute Gasteiger partial charge is 0.326 e. The SMILES string of the molecule is Cc1cc(C)c(C(=O)N2CCC(C)C2C(=O)O)c(=O)[nH]1. The number of nitrogens with zero attached hydrogens (tertiary/aromatic N) is 1. The average Bonchev–Trinajstić information content (AvgIpc) is 2.69. The van der Waals surface area contributed by atoms with Gasteiger partial charge < -0.3 is 15.0 Å². The van der Waals surface area contributed by atoms with E-state index in [0.717, 1.165) is 0 Å². The van der Waals surface area contributed by atoms with Crippen molar-refractivity contribution < 1.29 is 14.7 Å². The van der Waals surface area contributed by atoms with Crippen LogP contribution in [0, 0.1) is 19.8 Å². The van der Waals surface area contributed by atoms with Crippen LogP contribution in [-0.4, -0.2) is 39.5 Å². The van der Waals surface area contributed by atoms with Gasteiger partial charge >= 0.3 is 5.97 Å². The molecular weight excluding hydrogens is 260 g/mol. The van der Waals surface area contributed by atoms with Gasteiger partial charge in [-0.2, -0.15) is 0 Å². The van der Waals surface area contributed by atoms with Crippen LogP contribution in [-0.2, 0) is 4.79 Å². The fourth-order valence-electron chi connectivity index (χ4n) is 2.81. The number of hydrogen-bond donors (Lipinski definition) is 2. The van der Waals surface area contributed by atoms with Gasteiger partial charge in [-0.25, -0.2) is 4.79 Å². The number of aromatic nitrogens is 1. The van der Waals surface area contributed by atoms with E-state index in [2.05, 4.69) is 4.98 Å². The number of carboxylic acid groups (broad SMARTS) is 1. The molecule has 6 nitrogen and oxygen atoms in total. The number of carboxylic acids is 1. The Labute approximate surface area is 116 Å². The summed E-state index contributed by atoms with van der Waals surface area (Å²) in [5.41, 5.74) is 0.820. The highest BCUT2D eigenvalue weighted by atomic mass is 16.4. The Balaban J connectivity index is 2.42. The zero-order chi connectivity index (χ0) is 15.0. The Morgan fingerprint density at radius 3 is 2.60 bits per heavy atom. The average molecular weight is 278 g/mol. The second-order valence-corrected chi connectivity index (χ2v) is 5.39. The molecule has 0 aromatic carbocycles. The van der Waals surface area contributed by atoms with Gasteiger partial charge in [0.2, 0.25) is 0 Å². The molecule has 1 amide bonds. The van der Waals surface area contributed by atoms with Gasteiger partial charge in [-0.3, -0.25) is 9.59 Å². The number of amides is 1. The number of hydrogen-bond acceptors (Lipinski definition) is 3. The van der Waals surface area contributed by atoms with E-state index in [-0.39, 0.29) is 11.5 Å². The van der Waals surface area contributed by atoms with Crippen LogP contribution in [0.25, 0.3) is 0 Å². The van der Waals surface area contributed by atoms with Crippen LogP contribution < -0.4 is 5.56 Å². The number of aryl methyl sites for hydroxylation is 2. The van der Waals surface area contributed by atoms with Crippen LogP contribution in [0.5, 0.6) is 0 Å². The number of carbonyl (C=O) groups excluding carboxylic acids is 1. The predicted molar refractivity (Wildman–Crippen MR) is 72.8 cm³/mol. The zero-order valence-corrected chi connectivity index (χ0v) is 11.8. The van der Waals surface area contributed by atoms with E-state index in [9.17, 15) is 19.5 Å². The van der Waals surface area contributed by atoms with Crippen molar-refractivity contribution in [3.05, 3.63) is 33.2 Å². The molecule has 1 aromatic rings. The first kappa shape index (κ1) is 14.3. The summed E-state index contributed by atoms with van der Waals surface area (Å²) < 4.78 is 0. The molecule has 0 aliphatic carbocycles. The zero-order valence-electron chi connectivity index (χ0n) is 11.8. The Hall–Kier alpha value is -2.11. The Kier molecular flexibility index (Phi) is 3.65. The standard InChI is InChI=1S/C14H18N2O4/c1-7-4-5-16(11(7)14(19)20)13(18)10-8(2)6-9(3)15-12(10)17/h6-7,11H,4-5H2,1-3H3,(H,15,17)(H,19,20). The van der Waals surface area contributed by atoms with E-state index >= 15 is 0 Å². The lowest BCUT2D eigenvalue weighted by molar-refractivity contribution is -0.142. The molecule has 0 spiro atoms. The molecule has 2 atom stereocenters. The quantitative estimate of drug-likeness (QED) is 0.842. The molecule has 1 fully saturated rings. The Morgan fingerprint density at radius 1 is 1.40 bits per heavy atom. The van der Waals surface area contributed by atoms with Crippen LogP contribution in [0.2, 0.25) is 0 Å². The molecule has 2 rings (SSSR count). The highest BCUT2D eigenvalue weighted by Gasteiger charge is 2.40. The van der Waals surface area contributed by atoms with Crippen LogP contribution >= 0.6 is 0 Å². The summed E-state index contributed by atoms with van der Waals surface area (Å²) >= 11 is 0. The van der Waals surface area contributed by atoms with Crippen LogP contribution in [0.4, 0.5) is 0 Å². The molecule has 0 radical (unpaired) electrons. The largest absolute Gasteiger partial charge is 0.480 e. The van der Waals surface area contributed by atoms with Gasteiger partial charge in [-0.05, 0) is 37.8 Å². The number of carbonyl (C=O) groups is 2. The first-order valence-corrected chi connectivity index (χ1v) is 6.57. The molecule has 0 saturated carbocycles. The normalized spacial score (nSPS) is 22.1. The number of likely N-dealkylation sites (tertiary alicyclic amines) is 1.